The Morgan fingerprint density at radius 3 is 2.78 bits per heavy atom. The second-order valence-electron chi connectivity index (χ2n) is 6.84. The third-order valence-corrected chi connectivity index (χ3v) is 6.93. The minimum Gasteiger partial charge on any atom is -0.486 e. The number of carboxylic acid groups (broad SMARTS) is 1. The van der Waals surface area contributed by atoms with E-state index < -0.39 is 34.7 Å². The van der Waals surface area contributed by atoms with E-state index in [1.165, 1.54) is 18.0 Å². The number of aliphatic carboxylic acids is 1. The molecular formula is C19H22BrN3O8S. The van der Waals surface area contributed by atoms with Crippen LogP contribution in [0.25, 0.3) is 0 Å². The van der Waals surface area contributed by atoms with Crippen LogP contribution >= 0.6 is 15.9 Å². The van der Waals surface area contributed by atoms with Crippen molar-refractivity contribution >= 4 is 43.6 Å². The molecule has 2 heterocycles. The zero-order valence-electron chi connectivity index (χ0n) is 17.4. The van der Waals surface area contributed by atoms with E-state index in [0.717, 1.165) is 4.31 Å². The van der Waals surface area contributed by atoms with Gasteiger partial charge in [-0.25, -0.2) is 13.2 Å². The fraction of sp³-hybridized carbons (Fsp3) is 0.421. The number of ether oxygens (including phenoxy) is 3. The van der Waals surface area contributed by atoms with Gasteiger partial charge in [0.05, 0.1) is 19.3 Å². The number of hydrogen-bond acceptors (Lipinski definition) is 8. The van der Waals surface area contributed by atoms with Gasteiger partial charge in [-0.3, -0.25) is 13.8 Å². The number of fused-ring (bicyclic) bond motifs is 1. The first-order chi connectivity index (χ1) is 15.1. The van der Waals surface area contributed by atoms with Crippen LogP contribution in [-0.4, -0.2) is 61.6 Å². The van der Waals surface area contributed by atoms with Crippen molar-refractivity contribution in [2.45, 2.75) is 37.3 Å². The van der Waals surface area contributed by atoms with Crippen molar-refractivity contribution in [3.05, 3.63) is 28.9 Å². The molecule has 1 aliphatic rings. The first kappa shape index (κ1) is 23.9. The molecular weight excluding hydrogens is 510 g/mol. The third-order valence-electron chi connectivity index (χ3n) is 4.68. The maximum atomic E-state index is 13.7. The van der Waals surface area contributed by atoms with Crippen molar-refractivity contribution in [1.29, 1.82) is 0 Å². The Kier molecular flexibility index (Phi) is 7.29. The fourth-order valence-corrected chi connectivity index (χ4v) is 5.00. The van der Waals surface area contributed by atoms with Gasteiger partial charge >= 0.3 is 11.9 Å². The zero-order valence-corrected chi connectivity index (χ0v) is 19.8. The molecule has 32 heavy (non-hydrogen) atoms. The van der Waals surface area contributed by atoms with Crippen LogP contribution in [-0.2, 0) is 30.9 Å². The number of esters is 1. The number of aryl methyl sites for hydroxylation is 1. The molecule has 0 aliphatic carbocycles. The first-order valence-corrected chi connectivity index (χ1v) is 11.9. The minimum absolute atomic E-state index is 0.104. The molecule has 0 unspecified atom stereocenters. The Morgan fingerprint density at radius 2 is 2.12 bits per heavy atom. The van der Waals surface area contributed by atoms with Gasteiger partial charge in [0.15, 0.2) is 11.5 Å². The average Bonchev–Trinajstić information content (AvgIpc) is 3.19. The topological polar surface area (TPSA) is 137 Å². The number of carboxylic acids is 1. The number of methoxy groups -OCH3 is 1. The summed E-state index contributed by atoms with van der Waals surface area (Å²) < 4.78 is 46.3. The number of aromatic nitrogens is 2. The van der Waals surface area contributed by atoms with Crippen LogP contribution in [0.5, 0.6) is 11.6 Å². The van der Waals surface area contributed by atoms with E-state index in [1.807, 2.05) is 0 Å². The lowest BCUT2D eigenvalue weighted by Gasteiger charge is -2.35. The van der Waals surface area contributed by atoms with Crippen LogP contribution in [0, 0.1) is 0 Å². The maximum Gasteiger partial charge on any atom is 0.343 e. The van der Waals surface area contributed by atoms with E-state index in [0.29, 0.717) is 16.8 Å². The molecule has 0 bridgehead atoms. The van der Waals surface area contributed by atoms with E-state index in [4.69, 9.17) is 14.6 Å². The van der Waals surface area contributed by atoms with Gasteiger partial charge < -0.3 is 19.3 Å². The molecule has 0 fully saturated rings. The molecule has 0 saturated carbocycles. The Balaban J connectivity index is 2.02. The Hall–Kier alpha value is -2.80. The van der Waals surface area contributed by atoms with Gasteiger partial charge in [0.25, 0.3) is 15.9 Å². The van der Waals surface area contributed by atoms with E-state index in [-0.39, 0.29) is 35.8 Å². The summed E-state index contributed by atoms with van der Waals surface area (Å²) in [6.07, 6.45) is 0.597. The number of rotatable bonds is 9. The van der Waals surface area contributed by atoms with Gasteiger partial charge in [0.2, 0.25) is 0 Å². The Labute approximate surface area is 193 Å². The predicted octanol–water partition coefficient (Wildman–Crippen LogP) is 2.04. The number of anilines is 1. The molecule has 174 valence electrons. The molecule has 1 aromatic carbocycles. The maximum absolute atomic E-state index is 13.7. The Morgan fingerprint density at radius 1 is 1.38 bits per heavy atom. The smallest absolute Gasteiger partial charge is 0.343 e. The quantitative estimate of drug-likeness (QED) is 0.481. The highest BCUT2D eigenvalue weighted by molar-refractivity contribution is 9.10. The summed E-state index contributed by atoms with van der Waals surface area (Å²) in [6.45, 7) is 1.53. The van der Waals surface area contributed by atoms with Gasteiger partial charge in [0.1, 0.15) is 11.9 Å². The molecule has 0 saturated heterocycles. The van der Waals surface area contributed by atoms with Gasteiger partial charge in [-0.05, 0) is 31.5 Å². The first-order valence-electron chi connectivity index (χ1n) is 9.63. The monoisotopic (exact) mass is 531 g/mol. The van der Waals surface area contributed by atoms with E-state index in [2.05, 4.69) is 25.8 Å². The summed E-state index contributed by atoms with van der Waals surface area (Å²) in [7, 11) is -3.03. The predicted molar refractivity (Wildman–Crippen MR) is 115 cm³/mol. The van der Waals surface area contributed by atoms with Crippen LogP contribution in [0.4, 0.5) is 5.69 Å². The highest BCUT2D eigenvalue weighted by atomic mass is 79.9. The second-order valence-corrected chi connectivity index (χ2v) is 9.59. The SMILES string of the molecule is CCn1cc(S(=O)(=O)N2C[C@H](CCC(=O)O)Oc3ccc(Br)cc32)c(OCC(=O)OC)n1. The molecule has 0 spiro atoms. The van der Waals surface area contributed by atoms with Gasteiger partial charge in [0, 0.05) is 23.6 Å². The minimum atomic E-state index is -4.21. The molecule has 11 nitrogen and oxygen atoms in total. The van der Waals surface area contributed by atoms with Gasteiger partial charge in [-0.2, -0.15) is 0 Å². The van der Waals surface area contributed by atoms with Crippen LogP contribution in [0.2, 0.25) is 0 Å². The zero-order chi connectivity index (χ0) is 23.5. The lowest BCUT2D eigenvalue weighted by Crippen LogP contribution is -2.43. The third kappa shape index (κ3) is 5.15. The number of benzene rings is 1. The van der Waals surface area contributed by atoms with E-state index in [9.17, 15) is 18.0 Å². The van der Waals surface area contributed by atoms with Crippen molar-refractivity contribution in [3.63, 3.8) is 0 Å². The average molecular weight is 532 g/mol. The van der Waals surface area contributed by atoms with Crippen LogP contribution in [0.3, 0.4) is 0 Å². The lowest BCUT2D eigenvalue weighted by molar-refractivity contribution is -0.143. The molecule has 1 aliphatic heterocycles. The van der Waals surface area contributed by atoms with Crippen molar-refractivity contribution in [1.82, 2.24) is 9.78 Å². The number of carbonyl (C=O) groups is 2. The number of nitrogens with zero attached hydrogens (tertiary/aromatic N) is 3. The van der Waals surface area contributed by atoms with E-state index in [1.54, 1.807) is 25.1 Å². The standard InChI is InChI=1S/C19H22BrN3O8S/c1-3-22-10-16(19(21-22)30-11-18(26)29-2)32(27,28)23-9-13(5-7-17(24)25)31-15-6-4-12(20)8-14(15)23/h4,6,8,10,13H,3,5,7,9,11H2,1-2H3,(H,24,25)/t13-/m0/s1. The van der Waals surface area contributed by atoms with Gasteiger partial charge in [-0.15, -0.1) is 5.10 Å². The van der Waals surface area contributed by atoms with Crippen LogP contribution in [0.15, 0.2) is 33.8 Å². The molecule has 0 radical (unpaired) electrons. The lowest BCUT2D eigenvalue weighted by atomic mass is 10.1. The van der Waals surface area contributed by atoms with Crippen molar-refractivity contribution in [3.8, 4) is 11.6 Å². The second kappa shape index (κ2) is 9.77. The molecule has 1 atom stereocenters. The highest BCUT2D eigenvalue weighted by Crippen LogP contribution is 2.40. The molecule has 0 amide bonds. The number of sulfonamides is 1. The number of halogens is 1. The molecule has 2 aromatic rings. The van der Waals surface area contributed by atoms with Crippen molar-refractivity contribution in [2.24, 2.45) is 0 Å². The van der Waals surface area contributed by atoms with Gasteiger partial charge in [-0.1, -0.05) is 15.9 Å². The highest BCUT2D eigenvalue weighted by Gasteiger charge is 2.38. The summed E-state index contributed by atoms with van der Waals surface area (Å²) in [4.78, 5) is 22.3. The summed E-state index contributed by atoms with van der Waals surface area (Å²) in [6, 6.07) is 4.90. The summed E-state index contributed by atoms with van der Waals surface area (Å²) >= 11 is 3.34. The number of carbonyl (C=O) groups excluding carboxylic acids is 1. The number of hydrogen-bond donors (Lipinski definition) is 1. The normalized spacial score (nSPS) is 15.6. The largest absolute Gasteiger partial charge is 0.486 e. The summed E-state index contributed by atoms with van der Waals surface area (Å²) in [5.41, 5.74) is 0.286. The van der Waals surface area contributed by atoms with Crippen molar-refractivity contribution in [2.75, 3.05) is 24.6 Å². The summed E-state index contributed by atoms with van der Waals surface area (Å²) in [5, 5.41) is 13.1. The van der Waals surface area contributed by atoms with Crippen molar-refractivity contribution < 1.29 is 37.3 Å². The molecule has 3 rings (SSSR count). The summed E-state index contributed by atoms with van der Waals surface area (Å²) in [5.74, 6) is -1.62. The molecule has 13 heteroatoms. The Bertz CT molecular complexity index is 1120. The van der Waals surface area contributed by atoms with Crippen LogP contribution in [0.1, 0.15) is 19.8 Å². The molecule has 1 aromatic heterocycles. The molecule has 1 N–H and O–H groups in total. The van der Waals surface area contributed by atoms with E-state index >= 15 is 0 Å². The fourth-order valence-electron chi connectivity index (χ4n) is 3.08. The van der Waals surface area contributed by atoms with Crippen LogP contribution < -0.4 is 13.8 Å².